The highest BCUT2D eigenvalue weighted by atomic mass is 16.4. The van der Waals surface area contributed by atoms with E-state index in [-0.39, 0.29) is 11.1 Å². The molecule has 3 rings (SSSR count). The molecule has 5 nitrogen and oxygen atoms in total. The van der Waals surface area contributed by atoms with Crippen molar-refractivity contribution in [1.82, 2.24) is 9.55 Å². The smallest absolute Gasteiger partial charge is 0.261 e. The summed E-state index contributed by atoms with van der Waals surface area (Å²) >= 11 is 0. The fourth-order valence-electron chi connectivity index (χ4n) is 2.21. The number of hydrogen-bond acceptors (Lipinski definition) is 4. The molecule has 0 aliphatic carbocycles. The molecule has 0 saturated heterocycles. The monoisotopic (exact) mass is 229 g/mol. The van der Waals surface area contributed by atoms with Gasteiger partial charge < -0.3 is 9.90 Å². The standard InChI is InChI=1S/C12H10N2O3/c15-11-8-4-3-7(12(16)17)6-9(8)13-10-2-1-5-14(10)11/h3-4,6H,1-2,5H2,(H,16,17)/p-1. The van der Waals surface area contributed by atoms with Crippen molar-refractivity contribution in [2.45, 2.75) is 19.4 Å². The van der Waals surface area contributed by atoms with Gasteiger partial charge in [-0.25, -0.2) is 4.98 Å². The Hall–Kier alpha value is -2.17. The Morgan fingerprint density at radius 2 is 2.24 bits per heavy atom. The number of carboxylic acid groups (broad SMARTS) is 1. The Bertz CT molecular complexity index is 688. The van der Waals surface area contributed by atoms with E-state index in [0.29, 0.717) is 17.4 Å². The zero-order valence-electron chi connectivity index (χ0n) is 8.97. The molecule has 2 heterocycles. The lowest BCUT2D eigenvalue weighted by Gasteiger charge is -2.07. The number of aromatic carboxylic acids is 1. The summed E-state index contributed by atoms with van der Waals surface area (Å²) < 4.78 is 1.65. The van der Waals surface area contributed by atoms with Gasteiger partial charge in [-0.1, -0.05) is 6.07 Å². The molecule has 0 radical (unpaired) electrons. The first-order chi connectivity index (χ1) is 8.16. The molecule has 1 aromatic carbocycles. The number of carbonyl (C=O) groups excluding carboxylic acids is 1. The number of carbonyl (C=O) groups is 1. The zero-order chi connectivity index (χ0) is 12.0. The molecule has 1 aliphatic heterocycles. The van der Waals surface area contributed by atoms with Crippen molar-refractivity contribution >= 4 is 16.9 Å². The first-order valence-corrected chi connectivity index (χ1v) is 5.41. The van der Waals surface area contributed by atoms with Gasteiger partial charge in [0.15, 0.2) is 0 Å². The van der Waals surface area contributed by atoms with Gasteiger partial charge >= 0.3 is 0 Å². The van der Waals surface area contributed by atoms with Gasteiger partial charge in [-0.2, -0.15) is 0 Å². The number of carboxylic acids is 1. The largest absolute Gasteiger partial charge is 0.545 e. The van der Waals surface area contributed by atoms with Gasteiger partial charge in [0, 0.05) is 13.0 Å². The average Bonchev–Trinajstić information content (AvgIpc) is 2.77. The minimum absolute atomic E-state index is 0.0485. The summed E-state index contributed by atoms with van der Waals surface area (Å²) in [5.74, 6) is -0.521. The van der Waals surface area contributed by atoms with Gasteiger partial charge in [-0.3, -0.25) is 9.36 Å². The topological polar surface area (TPSA) is 75.0 Å². The van der Waals surface area contributed by atoms with Gasteiger partial charge in [0.1, 0.15) is 5.82 Å². The van der Waals surface area contributed by atoms with Crippen molar-refractivity contribution < 1.29 is 9.90 Å². The Morgan fingerprint density at radius 1 is 1.41 bits per heavy atom. The summed E-state index contributed by atoms with van der Waals surface area (Å²) in [5.41, 5.74) is 0.393. The zero-order valence-corrected chi connectivity index (χ0v) is 8.97. The summed E-state index contributed by atoms with van der Waals surface area (Å²) in [6, 6.07) is 4.27. The second-order valence-electron chi connectivity index (χ2n) is 4.11. The number of aryl methyl sites for hydroxylation is 1. The number of aromatic nitrogens is 2. The third kappa shape index (κ3) is 1.43. The van der Waals surface area contributed by atoms with Crippen LogP contribution in [0.2, 0.25) is 0 Å². The van der Waals surface area contributed by atoms with Crippen molar-refractivity contribution in [3.63, 3.8) is 0 Å². The van der Waals surface area contributed by atoms with Crippen LogP contribution in [0.1, 0.15) is 22.6 Å². The Morgan fingerprint density at radius 3 is 3.00 bits per heavy atom. The SMILES string of the molecule is O=C([O-])c1ccc2c(=O)n3c(nc2c1)CCC3. The van der Waals surface area contributed by atoms with E-state index >= 15 is 0 Å². The second kappa shape index (κ2) is 3.41. The van der Waals surface area contributed by atoms with E-state index in [2.05, 4.69) is 4.98 Å². The third-order valence-corrected chi connectivity index (χ3v) is 3.05. The van der Waals surface area contributed by atoms with Crippen molar-refractivity contribution in [3.05, 3.63) is 39.9 Å². The van der Waals surface area contributed by atoms with Crippen molar-refractivity contribution in [2.75, 3.05) is 0 Å². The summed E-state index contributed by atoms with van der Waals surface area (Å²) in [4.78, 5) is 27.1. The van der Waals surface area contributed by atoms with Crippen LogP contribution in [0.4, 0.5) is 0 Å². The lowest BCUT2D eigenvalue weighted by atomic mass is 10.1. The molecule has 5 heteroatoms. The highest BCUT2D eigenvalue weighted by Crippen LogP contribution is 2.15. The molecule has 1 aliphatic rings. The molecular formula is C12H9N2O3-. The Labute approximate surface area is 96.3 Å². The molecule has 0 spiro atoms. The maximum Gasteiger partial charge on any atom is 0.261 e. The van der Waals surface area contributed by atoms with Crippen LogP contribution in [0.25, 0.3) is 10.9 Å². The molecular weight excluding hydrogens is 220 g/mol. The van der Waals surface area contributed by atoms with Crippen LogP contribution in [0.3, 0.4) is 0 Å². The first kappa shape index (κ1) is 10.0. The summed E-state index contributed by atoms with van der Waals surface area (Å²) in [6.45, 7) is 0.694. The maximum absolute atomic E-state index is 12.1. The minimum atomic E-state index is -1.26. The number of rotatable bonds is 1. The highest BCUT2D eigenvalue weighted by molar-refractivity contribution is 5.91. The molecule has 0 atom stereocenters. The van der Waals surface area contributed by atoms with E-state index in [9.17, 15) is 14.7 Å². The first-order valence-electron chi connectivity index (χ1n) is 5.41. The number of fused-ring (bicyclic) bond motifs is 2. The minimum Gasteiger partial charge on any atom is -0.545 e. The van der Waals surface area contributed by atoms with Crippen molar-refractivity contribution in [3.8, 4) is 0 Å². The maximum atomic E-state index is 12.1. The lowest BCUT2D eigenvalue weighted by molar-refractivity contribution is -0.255. The van der Waals surface area contributed by atoms with Gasteiger partial charge in [0.25, 0.3) is 5.56 Å². The van der Waals surface area contributed by atoms with Crippen LogP contribution in [0.15, 0.2) is 23.0 Å². The van der Waals surface area contributed by atoms with Gasteiger partial charge in [0.05, 0.1) is 16.9 Å². The summed E-state index contributed by atoms with van der Waals surface area (Å²) in [5, 5.41) is 11.2. The predicted octanol–water partition coefficient (Wildman–Crippen LogP) is -0.294. The van der Waals surface area contributed by atoms with Crippen LogP contribution < -0.4 is 10.7 Å². The molecule has 0 bridgehead atoms. The Kier molecular flexibility index (Phi) is 2.01. The fraction of sp³-hybridized carbons (Fsp3) is 0.250. The number of benzene rings is 1. The third-order valence-electron chi connectivity index (χ3n) is 3.05. The van der Waals surface area contributed by atoms with Crippen LogP contribution in [0, 0.1) is 0 Å². The van der Waals surface area contributed by atoms with Crippen molar-refractivity contribution in [2.24, 2.45) is 0 Å². The fourth-order valence-corrected chi connectivity index (χ4v) is 2.21. The number of nitrogens with zero attached hydrogens (tertiary/aromatic N) is 2. The molecule has 0 saturated carbocycles. The molecule has 17 heavy (non-hydrogen) atoms. The average molecular weight is 229 g/mol. The van der Waals surface area contributed by atoms with E-state index in [1.807, 2.05) is 0 Å². The highest BCUT2D eigenvalue weighted by Gasteiger charge is 2.15. The van der Waals surface area contributed by atoms with E-state index in [4.69, 9.17) is 0 Å². The van der Waals surface area contributed by atoms with Crippen molar-refractivity contribution in [1.29, 1.82) is 0 Å². The second-order valence-corrected chi connectivity index (χ2v) is 4.11. The predicted molar refractivity (Wildman–Crippen MR) is 58.7 cm³/mol. The van der Waals surface area contributed by atoms with Crippen LogP contribution in [-0.2, 0) is 13.0 Å². The normalized spacial score (nSPS) is 13.9. The molecule has 0 unspecified atom stereocenters. The molecule has 1 aromatic heterocycles. The molecule has 2 aromatic rings. The van der Waals surface area contributed by atoms with Crippen LogP contribution >= 0.6 is 0 Å². The number of hydrogen-bond donors (Lipinski definition) is 0. The van der Waals surface area contributed by atoms with Crippen LogP contribution in [0.5, 0.6) is 0 Å². The van der Waals surface area contributed by atoms with Gasteiger partial charge in [-0.15, -0.1) is 0 Å². The molecule has 0 fully saturated rings. The lowest BCUT2D eigenvalue weighted by Crippen LogP contribution is -2.24. The molecule has 0 N–H and O–H groups in total. The van der Waals surface area contributed by atoms with Crippen LogP contribution in [-0.4, -0.2) is 15.5 Å². The van der Waals surface area contributed by atoms with E-state index in [1.54, 1.807) is 4.57 Å². The molecule has 0 amide bonds. The van der Waals surface area contributed by atoms with Gasteiger partial charge in [0.2, 0.25) is 0 Å². The van der Waals surface area contributed by atoms with E-state index in [1.165, 1.54) is 18.2 Å². The summed E-state index contributed by atoms with van der Waals surface area (Å²) in [6.07, 6.45) is 1.67. The summed E-state index contributed by atoms with van der Waals surface area (Å²) in [7, 11) is 0. The molecule has 86 valence electrons. The van der Waals surface area contributed by atoms with E-state index < -0.39 is 5.97 Å². The quantitative estimate of drug-likeness (QED) is 0.673. The van der Waals surface area contributed by atoms with E-state index in [0.717, 1.165) is 18.7 Å². The Balaban J connectivity index is 2.36. The van der Waals surface area contributed by atoms with Gasteiger partial charge in [-0.05, 0) is 24.1 Å².